The van der Waals surface area contributed by atoms with Gasteiger partial charge in [0.05, 0.1) is 4.90 Å². The maximum absolute atomic E-state index is 12.1. The van der Waals surface area contributed by atoms with E-state index in [1.807, 2.05) is 0 Å². The summed E-state index contributed by atoms with van der Waals surface area (Å²) in [6.07, 6.45) is 5.10. The zero-order valence-corrected chi connectivity index (χ0v) is 11.2. The van der Waals surface area contributed by atoms with Gasteiger partial charge in [-0.15, -0.1) is 0 Å². The molecule has 0 atom stereocenters. The van der Waals surface area contributed by atoms with E-state index in [1.165, 1.54) is 18.3 Å². The van der Waals surface area contributed by atoms with Crippen LogP contribution in [0.2, 0.25) is 0 Å². The molecule has 2 N–H and O–H groups in total. The minimum atomic E-state index is -3.51. The van der Waals surface area contributed by atoms with Gasteiger partial charge in [-0.3, -0.25) is 4.79 Å². The van der Waals surface area contributed by atoms with E-state index >= 15 is 0 Å². The van der Waals surface area contributed by atoms with Crippen LogP contribution in [0.15, 0.2) is 28.0 Å². The summed E-state index contributed by atoms with van der Waals surface area (Å²) in [4.78, 5) is 13.4. The van der Waals surface area contributed by atoms with Crippen LogP contribution in [-0.2, 0) is 10.0 Å². The largest absolute Gasteiger partial charge is 0.328 e. The fraction of sp³-hybridized carbons (Fsp3) is 0.583. The second-order valence-electron chi connectivity index (χ2n) is 4.97. The molecule has 0 saturated heterocycles. The molecule has 0 aliphatic heterocycles. The molecule has 1 aromatic heterocycles. The normalized spacial score (nSPS) is 24.9. The van der Waals surface area contributed by atoms with Crippen LogP contribution in [0.25, 0.3) is 0 Å². The highest BCUT2D eigenvalue weighted by molar-refractivity contribution is 7.89. The second-order valence-corrected chi connectivity index (χ2v) is 6.68. The van der Waals surface area contributed by atoms with Crippen molar-refractivity contribution in [3.63, 3.8) is 0 Å². The van der Waals surface area contributed by atoms with Crippen LogP contribution in [0.5, 0.6) is 0 Å². The Morgan fingerprint density at radius 1 is 1.22 bits per heavy atom. The molecular weight excluding hydrogens is 252 g/mol. The van der Waals surface area contributed by atoms with E-state index in [9.17, 15) is 13.2 Å². The minimum absolute atomic E-state index is 0.0122. The maximum atomic E-state index is 12.1. The molecule has 18 heavy (non-hydrogen) atoms. The topological polar surface area (TPSA) is 79.0 Å². The van der Waals surface area contributed by atoms with Crippen molar-refractivity contribution in [2.24, 2.45) is 5.92 Å². The highest BCUT2D eigenvalue weighted by Crippen LogP contribution is 2.24. The summed E-state index contributed by atoms with van der Waals surface area (Å²) in [5.74, 6) is 0.679. The first-order valence-corrected chi connectivity index (χ1v) is 7.67. The van der Waals surface area contributed by atoms with E-state index < -0.39 is 10.0 Å². The quantitative estimate of drug-likeness (QED) is 0.867. The Labute approximate surface area is 107 Å². The molecule has 2 rings (SSSR count). The number of H-pyrrole nitrogens is 1. The summed E-state index contributed by atoms with van der Waals surface area (Å²) < 4.78 is 26.8. The first-order chi connectivity index (χ1) is 8.47. The molecule has 0 amide bonds. The van der Waals surface area contributed by atoms with Gasteiger partial charge >= 0.3 is 0 Å². The smallest absolute Gasteiger partial charge is 0.247 e. The van der Waals surface area contributed by atoms with Gasteiger partial charge in [0.1, 0.15) is 0 Å². The fourth-order valence-corrected chi connectivity index (χ4v) is 3.50. The van der Waals surface area contributed by atoms with E-state index in [-0.39, 0.29) is 16.5 Å². The second kappa shape index (κ2) is 5.24. The van der Waals surface area contributed by atoms with Gasteiger partial charge in [-0.05, 0) is 37.7 Å². The number of hydrogen-bond acceptors (Lipinski definition) is 3. The Bertz CT molecular complexity index is 536. The van der Waals surface area contributed by atoms with Crippen molar-refractivity contribution >= 4 is 10.0 Å². The molecule has 1 saturated carbocycles. The lowest BCUT2D eigenvalue weighted by molar-refractivity contribution is 0.332. The summed E-state index contributed by atoms with van der Waals surface area (Å²) in [6, 6.07) is 2.56. The van der Waals surface area contributed by atoms with E-state index in [2.05, 4.69) is 16.6 Å². The van der Waals surface area contributed by atoms with E-state index in [1.54, 1.807) is 0 Å². The molecule has 1 aliphatic carbocycles. The van der Waals surface area contributed by atoms with Gasteiger partial charge in [-0.25, -0.2) is 13.1 Å². The van der Waals surface area contributed by atoms with Crippen LogP contribution in [-0.4, -0.2) is 19.4 Å². The number of sulfonamides is 1. The standard InChI is InChI=1S/C12H18N2O3S/c1-9-2-4-10(5-3-9)14-18(16,17)11-6-7-12(15)13-8-11/h6-10,14H,2-5H2,1H3,(H,13,15). The van der Waals surface area contributed by atoms with E-state index in [0.717, 1.165) is 25.7 Å². The lowest BCUT2D eigenvalue weighted by Crippen LogP contribution is -2.37. The molecule has 1 aromatic rings. The molecule has 5 nitrogen and oxygen atoms in total. The molecule has 1 heterocycles. The SMILES string of the molecule is CC1CCC(NS(=O)(=O)c2ccc(=O)[nH]c2)CC1. The van der Waals surface area contributed by atoms with Crippen LogP contribution < -0.4 is 10.3 Å². The van der Waals surface area contributed by atoms with Crippen molar-refractivity contribution in [3.8, 4) is 0 Å². The summed E-state index contributed by atoms with van der Waals surface area (Å²) in [7, 11) is -3.51. The molecule has 6 heteroatoms. The van der Waals surface area contributed by atoms with Gasteiger partial charge < -0.3 is 4.98 Å². The van der Waals surface area contributed by atoms with E-state index in [0.29, 0.717) is 5.92 Å². The average molecular weight is 270 g/mol. The highest BCUT2D eigenvalue weighted by atomic mass is 32.2. The minimum Gasteiger partial charge on any atom is -0.328 e. The number of hydrogen-bond donors (Lipinski definition) is 2. The van der Waals surface area contributed by atoms with Crippen molar-refractivity contribution in [1.82, 2.24) is 9.71 Å². The third-order valence-corrected chi connectivity index (χ3v) is 4.92. The number of aromatic nitrogens is 1. The zero-order chi connectivity index (χ0) is 13.2. The number of aromatic amines is 1. The Hall–Kier alpha value is -1.14. The van der Waals surface area contributed by atoms with Crippen molar-refractivity contribution in [2.45, 2.75) is 43.5 Å². The molecule has 0 aromatic carbocycles. The predicted octanol–water partition coefficient (Wildman–Crippen LogP) is 1.23. The fourth-order valence-electron chi connectivity index (χ4n) is 2.23. The van der Waals surface area contributed by atoms with Crippen molar-refractivity contribution in [3.05, 3.63) is 28.7 Å². The van der Waals surface area contributed by atoms with Gasteiger partial charge in [0.25, 0.3) is 0 Å². The van der Waals surface area contributed by atoms with Crippen LogP contribution in [0.3, 0.4) is 0 Å². The van der Waals surface area contributed by atoms with Gasteiger partial charge in [0.2, 0.25) is 15.6 Å². The third kappa shape index (κ3) is 3.20. The Morgan fingerprint density at radius 2 is 1.89 bits per heavy atom. The van der Waals surface area contributed by atoms with Crippen LogP contribution >= 0.6 is 0 Å². The van der Waals surface area contributed by atoms with Crippen LogP contribution in [0.4, 0.5) is 0 Å². The number of nitrogens with one attached hydrogen (secondary N) is 2. The summed E-state index contributed by atoms with van der Waals surface area (Å²) in [5.41, 5.74) is -0.305. The Balaban J connectivity index is 2.08. The van der Waals surface area contributed by atoms with Crippen LogP contribution in [0, 0.1) is 5.92 Å². The average Bonchev–Trinajstić information content (AvgIpc) is 2.32. The van der Waals surface area contributed by atoms with E-state index in [4.69, 9.17) is 0 Å². The van der Waals surface area contributed by atoms with Gasteiger partial charge in [-0.2, -0.15) is 0 Å². The Kier molecular flexibility index (Phi) is 3.87. The lowest BCUT2D eigenvalue weighted by atomic mass is 9.88. The molecule has 100 valence electrons. The Morgan fingerprint density at radius 3 is 2.44 bits per heavy atom. The monoisotopic (exact) mass is 270 g/mol. The predicted molar refractivity (Wildman–Crippen MR) is 68.8 cm³/mol. The molecule has 0 radical (unpaired) electrons. The molecule has 1 fully saturated rings. The number of rotatable bonds is 3. The number of pyridine rings is 1. The molecule has 0 bridgehead atoms. The van der Waals surface area contributed by atoms with Gasteiger partial charge in [0.15, 0.2) is 0 Å². The highest BCUT2D eigenvalue weighted by Gasteiger charge is 2.24. The lowest BCUT2D eigenvalue weighted by Gasteiger charge is -2.26. The first kappa shape index (κ1) is 13.3. The molecule has 1 aliphatic rings. The van der Waals surface area contributed by atoms with Crippen molar-refractivity contribution in [1.29, 1.82) is 0 Å². The molecule has 0 unspecified atom stereocenters. The zero-order valence-electron chi connectivity index (χ0n) is 10.3. The van der Waals surface area contributed by atoms with Crippen molar-refractivity contribution in [2.75, 3.05) is 0 Å². The van der Waals surface area contributed by atoms with Crippen molar-refractivity contribution < 1.29 is 8.42 Å². The summed E-state index contributed by atoms with van der Waals surface area (Å²) in [6.45, 7) is 2.19. The summed E-state index contributed by atoms with van der Waals surface area (Å²) >= 11 is 0. The van der Waals surface area contributed by atoms with Gasteiger partial charge in [0, 0.05) is 18.3 Å². The molecular formula is C12H18N2O3S. The van der Waals surface area contributed by atoms with Gasteiger partial charge in [-0.1, -0.05) is 6.92 Å². The van der Waals surface area contributed by atoms with Crippen LogP contribution in [0.1, 0.15) is 32.6 Å². The molecule has 0 spiro atoms. The first-order valence-electron chi connectivity index (χ1n) is 6.18. The summed E-state index contributed by atoms with van der Waals surface area (Å²) in [5, 5.41) is 0. The maximum Gasteiger partial charge on any atom is 0.247 e. The third-order valence-electron chi connectivity index (χ3n) is 3.40.